The number of H-pyrrole nitrogens is 1. The van der Waals surface area contributed by atoms with E-state index in [1.54, 1.807) is 0 Å². The van der Waals surface area contributed by atoms with E-state index >= 15 is 0 Å². The Morgan fingerprint density at radius 3 is 2.95 bits per heavy atom. The van der Waals surface area contributed by atoms with E-state index in [0.29, 0.717) is 5.92 Å². The number of pyridine rings is 1. The quantitative estimate of drug-likeness (QED) is 0.660. The van der Waals surface area contributed by atoms with E-state index in [4.69, 9.17) is 0 Å². The van der Waals surface area contributed by atoms with Crippen LogP contribution >= 0.6 is 0 Å². The second-order valence-corrected chi connectivity index (χ2v) is 5.40. The second-order valence-electron chi connectivity index (χ2n) is 5.40. The number of aromatic amines is 1. The summed E-state index contributed by atoms with van der Waals surface area (Å²) in [5.74, 6) is 0.0449. The second kappa shape index (κ2) is 4.38. The third-order valence-electron chi connectivity index (χ3n) is 4.09. The Balaban J connectivity index is 1.92. The average Bonchev–Trinajstić information content (AvgIpc) is 2.86. The predicted octanol–water partition coefficient (Wildman–Crippen LogP) is -0.0971. The van der Waals surface area contributed by atoms with Crippen molar-refractivity contribution in [3.8, 4) is 5.88 Å². The molecule has 3 unspecified atom stereocenters. The summed E-state index contributed by atoms with van der Waals surface area (Å²) < 4.78 is 0. The molecule has 1 amide bonds. The highest BCUT2D eigenvalue weighted by molar-refractivity contribution is 5.95. The maximum Gasteiger partial charge on any atom is 0.254 e. The Hall–Kier alpha value is -1.82. The smallest absolute Gasteiger partial charge is 0.254 e. The summed E-state index contributed by atoms with van der Waals surface area (Å²) in [4.78, 5) is 28.0. The number of fused-ring (bicyclic) bond motifs is 1. The average molecular weight is 263 g/mol. The van der Waals surface area contributed by atoms with E-state index in [-0.39, 0.29) is 29.4 Å². The van der Waals surface area contributed by atoms with E-state index in [9.17, 15) is 14.7 Å². The zero-order valence-electron chi connectivity index (χ0n) is 10.7. The molecule has 2 aliphatic heterocycles. The minimum absolute atomic E-state index is 0.172. The number of carbonyl (C=O) groups is 1. The van der Waals surface area contributed by atoms with Gasteiger partial charge in [0.2, 0.25) is 0 Å². The first-order valence-electron chi connectivity index (χ1n) is 6.53. The first-order chi connectivity index (χ1) is 9.06. The number of hydrogen-bond donors (Lipinski definition) is 3. The molecule has 2 fully saturated rings. The topological polar surface area (TPSA) is 85.4 Å². The first-order valence-corrected chi connectivity index (χ1v) is 6.53. The molecule has 3 heterocycles. The van der Waals surface area contributed by atoms with Gasteiger partial charge in [-0.3, -0.25) is 14.6 Å². The summed E-state index contributed by atoms with van der Waals surface area (Å²) >= 11 is 0. The van der Waals surface area contributed by atoms with Crippen LogP contribution in [0.1, 0.15) is 23.7 Å². The van der Waals surface area contributed by atoms with Gasteiger partial charge >= 0.3 is 0 Å². The molecule has 3 N–H and O–H groups in total. The molecule has 0 radical (unpaired) electrons. The lowest BCUT2D eigenvalue weighted by Gasteiger charge is -2.27. The van der Waals surface area contributed by atoms with Crippen LogP contribution in [0.15, 0.2) is 16.9 Å². The summed E-state index contributed by atoms with van der Waals surface area (Å²) in [7, 11) is 0. The molecule has 102 valence electrons. The molecule has 0 aromatic carbocycles. The van der Waals surface area contributed by atoms with Gasteiger partial charge < -0.3 is 15.3 Å². The van der Waals surface area contributed by atoms with Crippen molar-refractivity contribution in [3.05, 3.63) is 28.0 Å². The fourth-order valence-electron chi connectivity index (χ4n) is 3.32. The molecule has 2 aliphatic rings. The van der Waals surface area contributed by atoms with Crippen LogP contribution in [0, 0.1) is 5.92 Å². The highest BCUT2D eigenvalue weighted by Crippen LogP contribution is 2.33. The molecule has 1 aromatic heterocycles. The minimum Gasteiger partial charge on any atom is -0.494 e. The van der Waals surface area contributed by atoms with Crippen molar-refractivity contribution in [3.63, 3.8) is 0 Å². The van der Waals surface area contributed by atoms with Crippen molar-refractivity contribution in [2.45, 2.75) is 25.4 Å². The Bertz CT molecular complexity index is 568. The molecule has 2 saturated heterocycles. The molecule has 1 aromatic rings. The van der Waals surface area contributed by atoms with Gasteiger partial charge in [-0.05, 0) is 19.3 Å². The maximum absolute atomic E-state index is 12.5. The van der Waals surface area contributed by atoms with E-state index in [1.165, 1.54) is 12.1 Å². The predicted molar refractivity (Wildman–Crippen MR) is 69.1 cm³/mol. The van der Waals surface area contributed by atoms with Crippen LogP contribution in [-0.2, 0) is 0 Å². The number of aromatic hydroxyl groups is 1. The fraction of sp³-hybridized carbons (Fsp3) is 0.538. The van der Waals surface area contributed by atoms with Crippen molar-refractivity contribution in [1.29, 1.82) is 0 Å². The summed E-state index contributed by atoms with van der Waals surface area (Å²) in [6, 6.07) is 2.92. The molecule has 0 bridgehead atoms. The monoisotopic (exact) mass is 263 g/mol. The van der Waals surface area contributed by atoms with Gasteiger partial charge in [0.15, 0.2) is 5.88 Å². The molecule has 6 nitrogen and oxygen atoms in total. The minimum atomic E-state index is -0.462. The molecular weight excluding hydrogens is 246 g/mol. The van der Waals surface area contributed by atoms with E-state index in [1.807, 2.05) is 11.8 Å². The van der Waals surface area contributed by atoms with Gasteiger partial charge in [-0.15, -0.1) is 0 Å². The van der Waals surface area contributed by atoms with Crippen molar-refractivity contribution >= 4 is 5.91 Å². The van der Waals surface area contributed by atoms with E-state index in [0.717, 1.165) is 19.5 Å². The number of carbonyl (C=O) groups excluding carboxylic acids is 1. The summed E-state index contributed by atoms with van der Waals surface area (Å²) in [5, 5.41) is 12.7. The summed E-state index contributed by atoms with van der Waals surface area (Å²) in [6.07, 6.45) is 0.985. The molecule has 19 heavy (non-hydrogen) atoms. The normalized spacial score (nSPS) is 29.5. The van der Waals surface area contributed by atoms with Gasteiger partial charge in [-0.1, -0.05) is 0 Å². The molecule has 0 saturated carbocycles. The molecule has 3 rings (SSSR count). The number of hydrogen-bond acceptors (Lipinski definition) is 4. The largest absolute Gasteiger partial charge is 0.494 e. The van der Waals surface area contributed by atoms with Crippen LogP contribution in [0.5, 0.6) is 5.88 Å². The summed E-state index contributed by atoms with van der Waals surface area (Å²) in [5.41, 5.74) is -0.211. The van der Waals surface area contributed by atoms with Crippen LogP contribution < -0.4 is 10.9 Å². The van der Waals surface area contributed by atoms with Crippen LogP contribution in [0.3, 0.4) is 0 Å². The number of aromatic nitrogens is 1. The van der Waals surface area contributed by atoms with Crippen molar-refractivity contribution < 1.29 is 9.90 Å². The molecule has 3 atom stereocenters. The van der Waals surface area contributed by atoms with Crippen LogP contribution in [0.25, 0.3) is 0 Å². The van der Waals surface area contributed by atoms with Crippen molar-refractivity contribution in [2.75, 3.05) is 13.1 Å². The van der Waals surface area contributed by atoms with Gasteiger partial charge in [0.1, 0.15) is 0 Å². The molecule has 6 heteroatoms. The highest BCUT2D eigenvalue weighted by atomic mass is 16.3. The Morgan fingerprint density at radius 2 is 2.21 bits per heavy atom. The SMILES string of the molecule is CC1CC2CNCC2N1C(=O)c1cc(O)[nH]c(=O)c1. The van der Waals surface area contributed by atoms with Gasteiger partial charge in [0.25, 0.3) is 11.5 Å². The zero-order valence-corrected chi connectivity index (χ0v) is 10.7. The van der Waals surface area contributed by atoms with Gasteiger partial charge in [-0.25, -0.2) is 0 Å². The standard InChI is InChI=1S/C13H17N3O3/c1-7-2-9-5-14-6-10(9)16(7)13(19)8-3-11(17)15-12(18)4-8/h3-4,7,9-10,14H,2,5-6H2,1H3,(H2,15,17,18). The number of amides is 1. The fourth-order valence-corrected chi connectivity index (χ4v) is 3.32. The van der Waals surface area contributed by atoms with Gasteiger partial charge in [0, 0.05) is 37.3 Å². The van der Waals surface area contributed by atoms with E-state index < -0.39 is 5.56 Å². The lowest BCUT2D eigenvalue weighted by Crippen LogP contribution is -2.43. The number of likely N-dealkylation sites (tertiary alicyclic amines) is 1. The molecule has 0 spiro atoms. The summed E-state index contributed by atoms with van der Waals surface area (Å²) in [6.45, 7) is 3.78. The number of nitrogens with zero attached hydrogens (tertiary/aromatic N) is 1. The van der Waals surface area contributed by atoms with Crippen LogP contribution in [0.4, 0.5) is 0 Å². The molecule has 0 aliphatic carbocycles. The van der Waals surface area contributed by atoms with Crippen LogP contribution in [-0.4, -0.2) is 46.1 Å². The van der Waals surface area contributed by atoms with Crippen LogP contribution in [0.2, 0.25) is 0 Å². The first kappa shape index (κ1) is 12.2. The Kier molecular flexibility index (Phi) is 2.82. The Morgan fingerprint density at radius 1 is 1.42 bits per heavy atom. The van der Waals surface area contributed by atoms with Crippen molar-refractivity contribution in [1.82, 2.24) is 15.2 Å². The third-order valence-corrected chi connectivity index (χ3v) is 4.09. The zero-order chi connectivity index (χ0) is 13.6. The molecular formula is C13H17N3O3. The number of nitrogens with one attached hydrogen (secondary N) is 2. The van der Waals surface area contributed by atoms with Gasteiger partial charge in [-0.2, -0.15) is 0 Å². The third kappa shape index (κ3) is 2.02. The van der Waals surface area contributed by atoms with Crippen molar-refractivity contribution in [2.24, 2.45) is 5.92 Å². The lowest BCUT2D eigenvalue weighted by atomic mass is 10.0. The van der Waals surface area contributed by atoms with Gasteiger partial charge in [0.05, 0.1) is 5.56 Å². The number of rotatable bonds is 1. The Labute approximate surface area is 110 Å². The lowest BCUT2D eigenvalue weighted by molar-refractivity contribution is 0.0681. The maximum atomic E-state index is 12.5. The van der Waals surface area contributed by atoms with E-state index in [2.05, 4.69) is 10.3 Å². The highest BCUT2D eigenvalue weighted by Gasteiger charge is 2.44.